The van der Waals surface area contributed by atoms with E-state index in [0.29, 0.717) is 0 Å². The molecule has 1 aromatic heterocycles. The third-order valence-corrected chi connectivity index (χ3v) is 5.58. The molecule has 0 aliphatic heterocycles. The van der Waals surface area contributed by atoms with Crippen molar-refractivity contribution in [3.63, 3.8) is 0 Å². The molecule has 1 nitrogen and oxygen atoms in total. The molecule has 0 amide bonds. The Kier molecular flexibility index (Phi) is 3.61. The minimum atomic E-state index is 1.20. The average Bonchev–Trinajstić information content (AvgIpc) is 3.06. The van der Waals surface area contributed by atoms with E-state index in [4.69, 9.17) is 0 Å². The second kappa shape index (κ2) is 6.14. The molecule has 0 N–H and O–H groups in total. The van der Waals surface area contributed by atoms with Crippen molar-refractivity contribution in [3.8, 4) is 16.8 Å². The van der Waals surface area contributed by atoms with Crippen molar-refractivity contribution in [1.82, 2.24) is 4.57 Å². The first kappa shape index (κ1) is 15.9. The summed E-state index contributed by atoms with van der Waals surface area (Å²) in [5, 5.41) is 2.67. The fourth-order valence-corrected chi connectivity index (χ4v) is 4.05. The van der Waals surface area contributed by atoms with Crippen LogP contribution in [0.3, 0.4) is 0 Å². The van der Waals surface area contributed by atoms with Gasteiger partial charge in [-0.15, -0.1) is 0 Å². The normalized spacial score (nSPS) is 11.3. The van der Waals surface area contributed by atoms with E-state index in [2.05, 4.69) is 109 Å². The summed E-state index contributed by atoms with van der Waals surface area (Å²) in [5.74, 6) is 0. The van der Waals surface area contributed by atoms with Crippen LogP contribution < -0.4 is 0 Å². The lowest BCUT2D eigenvalue weighted by molar-refractivity contribution is 1.18. The molecule has 0 saturated heterocycles. The fourth-order valence-electron chi connectivity index (χ4n) is 4.05. The molecule has 1 heterocycles. The number of hydrogen-bond donors (Lipinski definition) is 0. The zero-order valence-electron chi connectivity index (χ0n) is 15.6. The van der Waals surface area contributed by atoms with Gasteiger partial charge in [0, 0.05) is 16.5 Å². The Hall–Kier alpha value is -3.32. The molecule has 0 saturated carbocycles. The quantitative estimate of drug-likeness (QED) is 0.322. The van der Waals surface area contributed by atoms with E-state index in [-0.39, 0.29) is 0 Å². The first-order valence-corrected chi connectivity index (χ1v) is 9.39. The largest absolute Gasteiger partial charge is 0.309 e. The topological polar surface area (TPSA) is 4.93 Å². The molecule has 4 aromatic carbocycles. The molecule has 0 atom stereocenters. The Balaban J connectivity index is 1.91. The molecule has 0 spiro atoms. The minimum absolute atomic E-state index is 1.20. The standard InChI is InChI=1S/C26H21N/c1-18-13-15-25-26(19(18)2)23-17-21(20-9-5-3-6-10-20)14-16-24(23)27(25)22-11-7-4-8-12-22/h3-17H,1-2H3. The first-order chi connectivity index (χ1) is 13.2. The zero-order valence-corrected chi connectivity index (χ0v) is 15.6. The summed E-state index contributed by atoms with van der Waals surface area (Å²) < 4.78 is 2.38. The maximum absolute atomic E-state index is 2.38. The van der Waals surface area contributed by atoms with E-state index in [1.54, 1.807) is 0 Å². The number of aromatic nitrogens is 1. The minimum Gasteiger partial charge on any atom is -0.309 e. The summed E-state index contributed by atoms with van der Waals surface area (Å²) in [6, 6.07) is 32.6. The van der Waals surface area contributed by atoms with Gasteiger partial charge in [0.2, 0.25) is 0 Å². The summed E-state index contributed by atoms with van der Waals surface area (Å²) in [5.41, 5.74) is 8.93. The monoisotopic (exact) mass is 347 g/mol. The van der Waals surface area contributed by atoms with Crippen molar-refractivity contribution in [2.24, 2.45) is 0 Å². The molecule has 27 heavy (non-hydrogen) atoms. The third kappa shape index (κ3) is 2.47. The molecule has 0 aliphatic rings. The molecular weight excluding hydrogens is 326 g/mol. The summed E-state index contributed by atoms with van der Waals surface area (Å²) in [6.45, 7) is 4.43. The highest BCUT2D eigenvalue weighted by atomic mass is 15.0. The van der Waals surface area contributed by atoms with Crippen LogP contribution in [0.2, 0.25) is 0 Å². The second-order valence-corrected chi connectivity index (χ2v) is 7.17. The molecule has 1 heteroatoms. The summed E-state index contributed by atoms with van der Waals surface area (Å²) in [7, 11) is 0. The van der Waals surface area contributed by atoms with Crippen LogP contribution in [0.15, 0.2) is 91.0 Å². The highest BCUT2D eigenvalue weighted by Crippen LogP contribution is 2.37. The van der Waals surface area contributed by atoms with Crippen molar-refractivity contribution in [3.05, 3.63) is 102 Å². The van der Waals surface area contributed by atoms with Crippen LogP contribution >= 0.6 is 0 Å². The van der Waals surface area contributed by atoms with Gasteiger partial charge in [0.05, 0.1) is 11.0 Å². The maximum Gasteiger partial charge on any atom is 0.0543 e. The second-order valence-electron chi connectivity index (χ2n) is 7.17. The summed E-state index contributed by atoms with van der Waals surface area (Å²) in [4.78, 5) is 0. The number of rotatable bonds is 2. The lowest BCUT2D eigenvalue weighted by atomic mass is 9.99. The van der Waals surface area contributed by atoms with Crippen molar-refractivity contribution in [2.75, 3.05) is 0 Å². The highest BCUT2D eigenvalue weighted by molar-refractivity contribution is 6.12. The van der Waals surface area contributed by atoms with Crippen molar-refractivity contribution in [2.45, 2.75) is 13.8 Å². The van der Waals surface area contributed by atoms with Crippen molar-refractivity contribution < 1.29 is 0 Å². The van der Waals surface area contributed by atoms with Gasteiger partial charge in [-0.05, 0) is 66.4 Å². The fraction of sp³-hybridized carbons (Fsp3) is 0.0769. The molecule has 0 radical (unpaired) electrons. The molecular formula is C26H21N. The highest BCUT2D eigenvalue weighted by Gasteiger charge is 2.15. The smallest absolute Gasteiger partial charge is 0.0543 e. The average molecular weight is 347 g/mol. The van der Waals surface area contributed by atoms with E-state index >= 15 is 0 Å². The van der Waals surface area contributed by atoms with Crippen LogP contribution in [-0.4, -0.2) is 4.57 Å². The van der Waals surface area contributed by atoms with Crippen LogP contribution in [0, 0.1) is 13.8 Å². The Morgan fingerprint density at radius 3 is 2.00 bits per heavy atom. The molecule has 0 unspecified atom stereocenters. The third-order valence-electron chi connectivity index (χ3n) is 5.58. The van der Waals surface area contributed by atoms with Gasteiger partial charge < -0.3 is 4.57 Å². The summed E-state index contributed by atoms with van der Waals surface area (Å²) in [6.07, 6.45) is 0. The molecule has 0 bridgehead atoms. The molecule has 0 fully saturated rings. The van der Waals surface area contributed by atoms with E-state index in [9.17, 15) is 0 Å². The number of para-hydroxylation sites is 1. The van der Waals surface area contributed by atoms with E-state index < -0.39 is 0 Å². The number of benzene rings is 4. The van der Waals surface area contributed by atoms with Crippen molar-refractivity contribution in [1.29, 1.82) is 0 Å². The van der Waals surface area contributed by atoms with Gasteiger partial charge in [-0.25, -0.2) is 0 Å². The Morgan fingerprint density at radius 1 is 0.593 bits per heavy atom. The van der Waals surface area contributed by atoms with Crippen LogP contribution in [0.25, 0.3) is 38.6 Å². The lowest BCUT2D eigenvalue weighted by Crippen LogP contribution is -1.93. The van der Waals surface area contributed by atoms with Gasteiger partial charge >= 0.3 is 0 Å². The lowest BCUT2D eigenvalue weighted by Gasteiger charge is -2.08. The Morgan fingerprint density at radius 2 is 1.26 bits per heavy atom. The zero-order chi connectivity index (χ0) is 18.4. The van der Waals surface area contributed by atoms with Gasteiger partial charge in [0.25, 0.3) is 0 Å². The molecule has 130 valence electrons. The summed E-state index contributed by atoms with van der Waals surface area (Å²) >= 11 is 0. The number of hydrogen-bond acceptors (Lipinski definition) is 0. The van der Waals surface area contributed by atoms with E-state index in [1.165, 1.54) is 49.7 Å². The SMILES string of the molecule is Cc1ccc2c(c1C)c1cc(-c3ccccc3)ccc1n2-c1ccccc1. The number of fused-ring (bicyclic) bond motifs is 3. The first-order valence-electron chi connectivity index (χ1n) is 9.39. The number of aryl methyl sites for hydroxylation is 2. The van der Waals surface area contributed by atoms with Crippen molar-refractivity contribution >= 4 is 21.8 Å². The van der Waals surface area contributed by atoms with Crippen LogP contribution in [0.1, 0.15) is 11.1 Å². The predicted molar refractivity (Wildman–Crippen MR) is 116 cm³/mol. The van der Waals surface area contributed by atoms with Crippen LogP contribution in [-0.2, 0) is 0 Å². The maximum atomic E-state index is 2.38. The van der Waals surface area contributed by atoms with Gasteiger partial charge in [0.15, 0.2) is 0 Å². The Labute approximate surface area is 159 Å². The predicted octanol–water partition coefficient (Wildman–Crippen LogP) is 7.07. The number of nitrogens with zero attached hydrogens (tertiary/aromatic N) is 1. The Bertz CT molecular complexity index is 1260. The van der Waals surface area contributed by atoms with Crippen LogP contribution in [0.5, 0.6) is 0 Å². The van der Waals surface area contributed by atoms with Gasteiger partial charge in [0.1, 0.15) is 0 Å². The molecule has 5 rings (SSSR count). The molecule has 0 aliphatic carbocycles. The van der Waals surface area contributed by atoms with E-state index in [0.717, 1.165) is 0 Å². The van der Waals surface area contributed by atoms with E-state index in [1.807, 2.05) is 0 Å². The van der Waals surface area contributed by atoms with Gasteiger partial charge in [-0.3, -0.25) is 0 Å². The molecule has 5 aromatic rings. The van der Waals surface area contributed by atoms with Crippen LogP contribution in [0.4, 0.5) is 0 Å². The van der Waals surface area contributed by atoms with Gasteiger partial charge in [-0.2, -0.15) is 0 Å². The van der Waals surface area contributed by atoms with Gasteiger partial charge in [-0.1, -0.05) is 60.7 Å².